The summed E-state index contributed by atoms with van der Waals surface area (Å²) in [6.07, 6.45) is 3.58. The van der Waals surface area contributed by atoms with Crippen LogP contribution in [0, 0.1) is 5.41 Å². The van der Waals surface area contributed by atoms with Crippen molar-refractivity contribution in [3.8, 4) is 0 Å². The summed E-state index contributed by atoms with van der Waals surface area (Å²) in [6, 6.07) is -0.261. The van der Waals surface area contributed by atoms with Crippen LogP contribution in [0.1, 0.15) is 46.0 Å². The van der Waals surface area contributed by atoms with E-state index in [1.165, 1.54) is 0 Å². The molecule has 0 heterocycles. The van der Waals surface area contributed by atoms with Crippen molar-refractivity contribution in [3.05, 3.63) is 0 Å². The first-order chi connectivity index (χ1) is 6.42. The van der Waals surface area contributed by atoms with E-state index in [4.69, 9.17) is 0 Å². The van der Waals surface area contributed by atoms with Gasteiger partial charge in [-0.05, 0) is 31.1 Å². The first-order valence-electron chi connectivity index (χ1n) is 5.56. The Bertz CT molecular complexity index is 225. The molecular weight excluding hydrogens is 184 g/mol. The van der Waals surface area contributed by atoms with Crippen LogP contribution < -0.4 is 5.32 Å². The van der Waals surface area contributed by atoms with Crippen LogP contribution in [0.5, 0.6) is 0 Å². The van der Waals surface area contributed by atoms with Gasteiger partial charge in [-0.1, -0.05) is 13.8 Å². The van der Waals surface area contributed by atoms with Gasteiger partial charge in [0.05, 0.1) is 6.04 Å². The van der Waals surface area contributed by atoms with Gasteiger partial charge in [-0.3, -0.25) is 0 Å². The highest BCUT2D eigenvalue weighted by Gasteiger charge is 2.48. The minimum Gasteiger partial charge on any atom is -0.305 e. The smallest absolute Gasteiger partial charge is 0.263 e. The molecule has 14 heavy (non-hydrogen) atoms. The van der Waals surface area contributed by atoms with Crippen molar-refractivity contribution in [3.63, 3.8) is 0 Å². The molecule has 2 atom stereocenters. The predicted molar refractivity (Wildman–Crippen MR) is 52.5 cm³/mol. The Labute approximate surface area is 84.3 Å². The minimum atomic E-state index is -2.47. The SMILES string of the molecule is CC1(C)CCC1NC1CCCC1(F)F. The second-order valence-corrected chi connectivity index (χ2v) is 5.45. The standard InChI is InChI=1S/C11H19F2N/c1-10(2)7-5-8(10)14-9-4-3-6-11(9,12)13/h8-9,14H,3-7H2,1-2H3. The van der Waals surface area contributed by atoms with E-state index in [-0.39, 0.29) is 11.8 Å². The van der Waals surface area contributed by atoms with Gasteiger partial charge in [0.2, 0.25) is 0 Å². The summed E-state index contributed by atoms with van der Waals surface area (Å²) in [5.74, 6) is -2.47. The first kappa shape index (κ1) is 10.3. The topological polar surface area (TPSA) is 12.0 Å². The van der Waals surface area contributed by atoms with E-state index in [1.54, 1.807) is 0 Å². The molecule has 3 heteroatoms. The Morgan fingerprint density at radius 3 is 2.14 bits per heavy atom. The van der Waals surface area contributed by atoms with Crippen LogP contribution in [0.4, 0.5) is 8.78 Å². The lowest BCUT2D eigenvalue weighted by molar-refractivity contribution is -0.0356. The molecule has 2 aliphatic carbocycles. The summed E-state index contributed by atoms with van der Waals surface area (Å²) in [7, 11) is 0. The Morgan fingerprint density at radius 2 is 1.79 bits per heavy atom. The third kappa shape index (κ3) is 1.67. The van der Waals surface area contributed by atoms with Crippen molar-refractivity contribution >= 4 is 0 Å². The number of rotatable bonds is 2. The van der Waals surface area contributed by atoms with Crippen molar-refractivity contribution in [1.82, 2.24) is 5.32 Å². The molecule has 2 aliphatic rings. The monoisotopic (exact) mass is 203 g/mol. The molecule has 2 saturated carbocycles. The predicted octanol–water partition coefficient (Wildman–Crippen LogP) is 2.95. The van der Waals surface area contributed by atoms with Gasteiger partial charge in [0.15, 0.2) is 0 Å². The normalized spacial score (nSPS) is 39.4. The molecule has 1 N–H and O–H groups in total. The molecular formula is C11H19F2N. The molecule has 1 nitrogen and oxygen atoms in total. The average molecular weight is 203 g/mol. The van der Waals surface area contributed by atoms with E-state index in [2.05, 4.69) is 19.2 Å². The number of halogens is 2. The maximum Gasteiger partial charge on any atom is 0.263 e. The molecule has 0 aromatic heterocycles. The van der Waals surface area contributed by atoms with Gasteiger partial charge in [-0.15, -0.1) is 0 Å². The fourth-order valence-corrected chi connectivity index (χ4v) is 2.55. The largest absolute Gasteiger partial charge is 0.305 e. The van der Waals surface area contributed by atoms with E-state index in [0.717, 1.165) is 12.8 Å². The molecule has 0 saturated heterocycles. The summed E-state index contributed by atoms with van der Waals surface area (Å²) in [4.78, 5) is 0. The molecule has 0 amide bonds. The zero-order chi connectivity index (χ0) is 10.4. The molecule has 2 rings (SSSR count). The molecule has 0 aromatic rings. The summed E-state index contributed by atoms with van der Waals surface area (Å²) in [5, 5.41) is 3.15. The van der Waals surface area contributed by atoms with Gasteiger partial charge in [0.25, 0.3) is 5.92 Å². The lowest BCUT2D eigenvalue weighted by atomic mass is 9.67. The third-order valence-electron chi connectivity index (χ3n) is 3.94. The summed E-state index contributed by atoms with van der Waals surface area (Å²) < 4.78 is 26.6. The van der Waals surface area contributed by atoms with Crippen LogP contribution >= 0.6 is 0 Å². The molecule has 0 spiro atoms. The van der Waals surface area contributed by atoms with Crippen molar-refractivity contribution in [2.45, 2.75) is 64.0 Å². The maximum atomic E-state index is 13.3. The van der Waals surface area contributed by atoms with Crippen LogP contribution in [0.3, 0.4) is 0 Å². The zero-order valence-electron chi connectivity index (χ0n) is 8.95. The van der Waals surface area contributed by atoms with Crippen molar-refractivity contribution in [2.24, 2.45) is 5.41 Å². The fourth-order valence-electron chi connectivity index (χ4n) is 2.55. The molecule has 82 valence electrons. The lowest BCUT2D eigenvalue weighted by Crippen LogP contribution is -2.56. The average Bonchev–Trinajstić information content (AvgIpc) is 2.39. The minimum absolute atomic E-state index is 0.0673. The second-order valence-electron chi connectivity index (χ2n) is 5.45. The number of alkyl halides is 2. The van der Waals surface area contributed by atoms with Gasteiger partial charge in [0, 0.05) is 12.5 Å². The lowest BCUT2D eigenvalue weighted by Gasteiger charge is -2.47. The first-order valence-corrected chi connectivity index (χ1v) is 5.56. The molecule has 0 aliphatic heterocycles. The van der Waals surface area contributed by atoms with Gasteiger partial charge in [-0.25, -0.2) is 8.78 Å². The Kier molecular flexibility index (Phi) is 2.33. The van der Waals surface area contributed by atoms with Crippen LogP contribution in [-0.4, -0.2) is 18.0 Å². The van der Waals surface area contributed by atoms with Gasteiger partial charge in [0.1, 0.15) is 0 Å². The van der Waals surface area contributed by atoms with Crippen molar-refractivity contribution < 1.29 is 8.78 Å². The summed E-state index contributed by atoms with van der Waals surface area (Å²) in [6.45, 7) is 4.31. The Hall–Kier alpha value is -0.180. The number of hydrogen-bond donors (Lipinski definition) is 1. The van der Waals surface area contributed by atoms with Crippen LogP contribution in [-0.2, 0) is 0 Å². The van der Waals surface area contributed by atoms with Gasteiger partial charge < -0.3 is 5.32 Å². The highest BCUT2D eigenvalue weighted by molar-refractivity contribution is 4.99. The van der Waals surface area contributed by atoms with Crippen molar-refractivity contribution in [2.75, 3.05) is 0 Å². The number of hydrogen-bond acceptors (Lipinski definition) is 1. The van der Waals surface area contributed by atoms with Gasteiger partial charge >= 0.3 is 0 Å². The maximum absolute atomic E-state index is 13.3. The fraction of sp³-hybridized carbons (Fsp3) is 1.00. The van der Waals surface area contributed by atoms with E-state index in [0.29, 0.717) is 18.9 Å². The van der Waals surface area contributed by atoms with Crippen LogP contribution in [0.2, 0.25) is 0 Å². The Morgan fingerprint density at radius 1 is 1.07 bits per heavy atom. The van der Waals surface area contributed by atoms with E-state index in [1.807, 2.05) is 0 Å². The highest BCUT2D eigenvalue weighted by atomic mass is 19.3. The summed E-state index contributed by atoms with van der Waals surface area (Å²) in [5.41, 5.74) is 0.221. The number of nitrogens with one attached hydrogen (secondary N) is 1. The molecule has 2 unspecified atom stereocenters. The van der Waals surface area contributed by atoms with Crippen molar-refractivity contribution in [1.29, 1.82) is 0 Å². The van der Waals surface area contributed by atoms with Crippen LogP contribution in [0.15, 0.2) is 0 Å². The van der Waals surface area contributed by atoms with E-state index < -0.39 is 12.0 Å². The quantitative estimate of drug-likeness (QED) is 0.727. The molecule has 0 bridgehead atoms. The molecule has 0 radical (unpaired) electrons. The second kappa shape index (κ2) is 3.16. The summed E-state index contributed by atoms with van der Waals surface area (Å²) >= 11 is 0. The molecule has 0 aromatic carbocycles. The van der Waals surface area contributed by atoms with Crippen LogP contribution in [0.25, 0.3) is 0 Å². The molecule has 2 fully saturated rings. The van der Waals surface area contributed by atoms with E-state index in [9.17, 15) is 8.78 Å². The van der Waals surface area contributed by atoms with E-state index >= 15 is 0 Å². The third-order valence-corrected chi connectivity index (χ3v) is 3.94. The zero-order valence-corrected chi connectivity index (χ0v) is 8.95. The highest BCUT2D eigenvalue weighted by Crippen LogP contribution is 2.43. The van der Waals surface area contributed by atoms with Gasteiger partial charge in [-0.2, -0.15) is 0 Å². The Balaban J connectivity index is 1.92.